The van der Waals surface area contributed by atoms with Crippen molar-refractivity contribution < 1.29 is 18.6 Å². The average Bonchev–Trinajstić information content (AvgIpc) is 2.76. The lowest BCUT2D eigenvalue weighted by Gasteiger charge is -2.30. The second kappa shape index (κ2) is 10.2. The first kappa shape index (κ1) is 21.9. The van der Waals surface area contributed by atoms with Crippen LogP contribution < -0.4 is 18.6 Å². The molecule has 28 heavy (non-hydrogen) atoms. The number of hydrogen-bond donors (Lipinski definition) is 0. The normalized spacial score (nSPS) is 11.5. The minimum Gasteiger partial charge on any atom is -0.543 e. The van der Waals surface area contributed by atoms with Crippen LogP contribution in [0.2, 0.25) is 18.1 Å². The van der Waals surface area contributed by atoms with Gasteiger partial charge in [0.05, 0.1) is 21.3 Å². The Morgan fingerprint density at radius 1 is 0.714 bits per heavy atom. The summed E-state index contributed by atoms with van der Waals surface area (Å²) in [6, 6.07) is 15.1. The molecule has 2 aromatic rings. The highest BCUT2D eigenvalue weighted by molar-refractivity contribution is 6.74. The lowest BCUT2D eigenvalue weighted by molar-refractivity contribution is 0.394. The van der Waals surface area contributed by atoms with Gasteiger partial charge >= 0.3 is 0 Å². The monoisotopic (exact) mass is 400 g/mol. The molecule has 2 aromatic carbocycles. The Bertz CT molecular complexity index is 767. The maximum absolute atomic E-state index is 6.64. The summed E-state index contributed by atoms with van der Waals surface area (Å²) >= 11 is 0. The Balaban J connectivity index is 2.42. The van der Waals surface area contributed by atoms with E-state index in [1.165, 1.54) is 0 Å². The average molecular weight is 401 g/mol. The Labute approximate surface area is 170 Å². The van der Waals surface area contributed by atoms with Crippen LogP contribution in [0.5, 0.6) is 23.0 Å². The van der Waals surface area contributed by atoms with Gasteiger partial charge in [0.2, 0.25) is 0 Å². The fourth-order valence-corrected chi connectivity index (χ4v) is 5.77. The molecule has 0 aliphatic heterocycles. The third-order valence-corrected chi connectivity index (χ3v) is 9.82. The van der Waals surface area contributed by atoms with E-state index in [1.54, 1.807) is 21.3 Å². The SMILES string of the molecule is CC[Si](CC)(CC)Oc1ccc(OC)cc1C=Cc1cc(OC)cc(OC)c1. The van der Waals surface area contributed by atoms with E-state index in [-0.39, 0.29) is 0 Å². The van der Waals surface area contributed by atoms with Crippen molar-refractivity contribution in [1.82, 2.24) is 0 Å². The summed E-state index contributed by atoms with van der Waals surface area (Å²) in [6.45, 7) is 6.71. The van der Waals surface area contributed by atoms with Crippen LogP contribution in [0.15, 0.2) is 36.4 Å². The third-order valence-electron chi connectivity index (χ3n) is 5.31. The third kappa shape index (κ3) is 5.32. The quantitative estimate of drug-likeness (QED) is 0.348. The molecule has 0 amide bonds. The summed E-state index contributed by atoms with van der Waals surface area (Å²) < 4.78 is 22.8. The van der Waals surface area contributed by atoms with Gasteiger partial charge in [0.1, 0.15) is 23.0 Å². The molecule has 0 aliphatic carbocycles. The van der Waals surface area contributed by atoms with Crippen LogP contribution in [0, 0.1) is 0 Å². The Morgan fingerprint density at radius 2 is 1.29 bits per heavy atom. The second-order valence-electron chi connectivity index (χ2n) is 6.73. The highest BCUT2D eigenvalue weighted by atomic mass is 28.4. The molecule has 0 atom stereocenters. The van der Waals surface area contributed by atoms with Gasteiger partial charge in [-0.3, -0.25) is 0 Å². The van der Waals surface area contributed by atoms with E-state index in [1.807, 2.05) is 42.5 Å². The van der Waals surface area contributed by atoms with Crippen molar-refractivity contribution in [2.75, 3.05) is 21.3 Å². The van der Waals surface area contributed by atoms with Crippen LogP contribution in [0.1, 0.15) is 31.9 Å². The maximum Gasteiger partial charge on any atom is 0.250 e. The number of ether oxygens (including phenoxy) is 3. The van der Waals surface area contributed by atoms with Gasteiger partial charge < -0.3 is 18.6 Å². The molecule has 152 valence electrons. The zero-order valence-electron chi connectivity index (χ0n) is 17.9. The largest absolute Gasteiger partial charge is 0.543 e. The molecule has 0 N–H and O–H groups in total. The molecule has 0 aliphatic rings. The van der Waals surface area contributed by atoms with Crippen LogP contribution >= 0.6 is 0 Å². The van der Waals surface area contributed by atoms with Crippen LogP contribution in [-0.2, 0) is 0 Å². The number of benzene rings is 2. The topological polar surface area (TPSA) is 36.9 Å². The molecule has 0 spiro atoms. The second-order valence-corrected chi connectivity index (χ2v) is 11.4. The zero-order chi connectivity index (χ0) is 20.6. The fraction of sp³-hybridized carbons (Fsp3) is 0.391. The summed E-state index contributed by atoms with van der Waals surface area (Å²) in [7, 11) is 3.22. The Morgan fingerprint density at radius 3 is 1.79 bits per heavy atom. The van der Waals surface area contributed by atoms with Crippen LogP contribution in [-0.4, -0.2) is 29.6 Å². The summed E-state index contributed by atoms with van der Waals surface area (Å²) in [4.78, 5) is 0. The predicted octanol–water partition coefficient (Wildman–Crippen LogP) is 6.27. The lowest BCUT2D eigenvalue weighted by atomic mass is 10.1. The minimum atomic E-state index is -1.77. The summed E-state index contributed by atoms with van der Waals surface area (Å²) in [5.41, 5.74) is 2.00. The van der Waals surface area contributed by atoms with Gasteiger partial charge in [-0.15, -0.1) is 0 Å². The Kier molecular flexibility index (Phi) is 8.00. The smallest absolute Gasteiger partial charge is 0.250 e. The van der Waals surface area contributed by atoms with Gasteiger partial charge in [-0.1, -0.05) is 32.9 Å². The number of rotatable bonds is 10. The van der Waals surface area contributed by atoms with Crippen molar-refractivity contribution in [1.29, 1.82) is 0 Å². The van der Waals surface area contributed by atoms with E-state index in [2.05, 4.69) is 26.8 Å². The predicted molar refractivity (Wildman–Crippen MR) is 119 cm³/mol. The van der Waals surface area contributed by atoms with Gasteiger partial charge in [0, 0.05) is 11.6 Å². The molecule has 2 rings (SSSR count). The zero-order valence-corrected chi connectivity index (χ0v) is 18.9. The summed E-state index contributed by atoms with van der Waals surface area (Å²) in [5.74, 6) is 3.25. The van der Waals surface area contributed by atoms with E-state index in [0.29, 0.717) is 0 Å². The van der Waals surface area contributed by atoms with Crippen molar-refractivity contribution in [2.24, 2.45) is 0 Å². The standard InChI is InChI=1S/C23H32O4Si/c1-7-28(8-2,9-3)27-23-13-12-20(24-4)16-19(23)11-10-18-14-21(25-5)17-22(15-18)26-6/h10-17H,7-9H2,1-6H3. The number of hydrogen-bond acceptors (Lipinski definition) is 4. The highest BCUT2D eigenvalue weighted by Gasteiger charge is 2.31. The van der Waals surface area contributed by atoms with Crippen molar-refractivity contribution in [3.05, 3.63) is 47.5 Å². The van der Waals surface area contributed by atoms with E-state index < -0.39 is 8.32 Å². The van der Waals surface area contributed by atoms with Gasteiger partial charge in [0.25, 0.3) is 8.32 Å². The first-order valence-corrected chi connectivity index (χ1v) is 12.3. The van der Waals surface area contributed by atoms with E-state index >= 15 is 0 Å². The Hall–Kier alpha value is -2.40. The first-order chi connectivity index (χ1) is 13.5. The molecule has 0 radical (unpaired) electrons. The van der Waals surface area contributed by atoms with Crippen LogP contribution in [0.4, 0.5) is 0 Å². The minimum absolute atomic E-state index is 0.760. The van der Waals surface area contributed by atoms with Gasteiger partial charge in [0.15, 0.2) is 0 Å². The fourth-order valence-electron chi connectivity index (χ4n) is 3.19. The van der Waals surface area contributed by atoms with E-state index in [4.69, 9.17) is 18.6 Å². The molecule has 0 saturated carbocycles. The van der Waals surface area contributed by atoms with E-state index in [9.17, 15) is 0 Å². The van der Waals surface area contributed by atoms with E-state index in [0.717, 1.165) is 52.3 Å². The molecule has 0 saturated heterocycles. The molecule has 4 nitrogen and oxygen atoms in total. The first-order valence-electron chi connectivity index (χ1n) is 9.81. The van der Waals surface area contributed by atoms with Crippen molar-refractivity contribution >= 4 is 20.5 Å². The molecule has 0 fully saturated rings. The van der Waals surface area contributed by atoms with Gasteiger partial charge in [-0.2, -0.15) is 0 Å². The van der Waals surface area contributed by atoms with Crippen LogP contribution in [0.3, 0.4) is 0 Å². The number of methoxy groups -OCH3 is 3. The molecule has 0 unspecified atom stereocenters. The maximum atomic E-state index is 6.64. The molecular weight excluding hydrogens is 368 g/mol. The van der Waals surface area contributed by atoms with Crippen molar-refractivity contribution in [3.63, 3.8) is 0 Å². The molecule has 0 aromatic heterocycles. The molecule has 5 heteroatoms. The van der Waals surface area contributed by atoms with Gasteiger partial charge in [-0.25, -0.2) is 0 Å². The summed E-state index contributed by atoms with van der Waals surface area (Å²) in [5, 5.41) is 0. The molecule has 0 heterocycles. The van der Waals surface area contributed by atoms with Crippen molar-refractivity contribution in [3.8, 4) is 23.0 Å². The highest BCUT2D eigenvalue weighted by Crippen LogP contribution is 2.32. The van der Waals surface area contributed by atoms with Gasteiger partial charge in [-0.05, 0) is 54.0 Å². The lowest BCUT2D eigenvalue weighted by Crippen LogP contribution is -2.39. The van der Waals surface area contributed by atoms with Crippen molar-refractivity contribution in [2.45, 2.75) is 38.9 Å². The summed E-state index contributed by atoms with van der Waals surface area (Å²) in [6.07, 6.45) is 4.10. The molecule has 0 bridgehead atoms. The molecular formula is C23H32O4Si. The van der Waals surface area contributed by atoms with Crippen LogP contribution in [0.25, 0.3) is 12.2 Å².